The Morgan fingerprint density at radius 2 is 1.35 bits per heavy atom. The highest BCUT2D eigenvalue weighted by atomic mass is 19.4. The zero-order valence-electron chi connectivity index (χ0n) is 9.60. The summed E-state index contributed by atoms with van der Waals surface area (Å²) in [6.07, 6.45) is -5.18. The molecule has 2 aromatic carbocycles. The highest BCUT2D eigenvalue weighted by Crippen LogP contribution is 2.36. The zero-order valence-corrected chi connectivity index (χ0v) is 9.60. The van der Waals surface area contributed by atoms with Gasteiger partial charge in [0, 0.05) is 11.6 Å². The molecule has 1 N–H and O–H groups in total. The van der Waals surface area contributed by atoms with Gasteiger partial charge in [-0.3, -0.25) is 0 Å². The summed E-state index contributed by atoms with van der Waals surface area (Å²) in [7, 11) is 0. The van der Waals surface area contributed by atoms with E-state index in [0.717, 1.165) is 12.1 Å². The summed E-state index contributed by atoms with van der Waals surface area (Å²) in [5, 5.41) is 9.01. The third-order valence-electron chi connectivity index (χ3n) is 2.59. The molecule has 0 fully saturated rings. The summed E-state index contributed by atoms with van der Waals surface area (Å²) in [6.45, 7) is 0. The minimum atomic E-state index is -5.18. The first kappa shape index (κ1) is 14.2. The molecule has 0 unspecified atom stereocenters. The molecular formula is C13H6F6O. The molecule has 0 heterocycles. The summed E-state index contributed by atoms with van der Waals surface area (Å²) < 4.78 is 77.4. The van der Waals surface area contributed by atoms with Gasteiger partial charge in [-0.05, 0) is 29.8 Å². The van der Waals surface area contributed by atoms with Crippen LogP contribution in [0.5, 0.6) is 5.75 Å². The second-order valence-electron chi connectivity index (χ2n) is 3.98. The lowest BCUT2D eigenvalue weighted by Crippen LogP contribution is -2.11. The molecule has 0 radical (unpaired) electrons. The largest absolute Gasteiger partial charge is 0.508 e. The fourth-order valence-corrected chi connectivity index (χ4v) is 1.74. The molecule has 0 saturated heterocycles. The Labute approximate surface area is 109 Å². The molecule has 20 heavy (non-hydrogen) atoms. The van der Waals surface area contributed by atoms with E-state index in [1.54, 1.807) is 0 Å². The Kier molecular flexibility index (Phi) is 3.37. The van der Waals surface area contributed by atoms with Crippen LogP contribution in [0.3, 0.4) is 0 Å². The van der Waals surface area contributed by atoms with Crippen LogP contribution in [-0.4, -0.2) is 5.11 Å². The van der Waals surface area contributed by atoms with E-state index >= 15 is 0 Å². The highest BCUT2D eigenvalue weighted by Gasteiger charge is 2.38. The predicted molar refractivity (Wildman–Crippen MR) is 58.4 cm³/mol. The molecule has 0 bridgehead atoms. The number of benzene rings is 2. The second kappa shape index (κ2) is 4.73. The first-order chi connectivity index (χ1) is 9.20. The number of phenolic OH excluding ortho intramolecular Hbond substituents is 1. The van der Waals surface area contributed by atoms with E-state index in [1.807, 2.05) is 0 Å². The molecule has 7 heteroatoms. The Morgan fingerprint density at radius 1 is 0.800 bits per heavy atom. The molecule has 0 saturated carbocycles. The molecule has 0 amide bonds. The monoisotopic (exact) mass is 292 g/mol. The SMILES string of the molecule is Oc1ccc(-c2cc(F)c(C(F)(F)F)c(F)c2)c(F)c1. The van der Waals surface area contributed by atoms with E-state index in [9.17, 15) is 26.3 Å². The van der Waals surface area contributed by atoms with Gasteiger partial charge in [0.15, 0.2) is 0 Å². The lowest BCUT2D eigenvalue weighted by molar-refractivity contribution is -0.142. The number of aromatic hydroxyl groups is 1. The van der Waals surface area contributed by atoms with E-state index in [0.29, 0.717) is 18.2 Å². The van der Waals surface area contributed by atoms with Crippen molar-refractivity contribution in [2.24, 2.45) is 0 Å². The number of hydrogen-bond acceptors (Lipinski definition) is 1. The molecule has 1 nitrogen and oxygen atoms in total. The molecule has 0 aromatic heterocycles. The van der Waals surface area contributed by atoms with Crippen molar-refractivity contribution in [3.8, 4) is 16.9 Å². The van der Waals surface area contributed by atoms with Gasteiger partial charge in [0.25, 0.3) is 0 Å². The van der Waals surface area contributed by atoms with Crippen molar-refractivity contribution in [1.82, 2.24) is 0 Å². The third-order valence-corrected chi connectivity index (χ3v) is 2.59. The van der Waals surface area contributed by atoms with Crippen molar-refractivity contribution in [2.45, 2.75) is 6.18 Å². The summed E-state index contributed by atoms with van der Waals surface area (Å²) in [6, 6.07) is 3.52. The molecular weight excluding hydrogens is 286 g/mol. The van der Waals surface area contributed by atoms with E-state index in [2.05, 4.69) is 0 Å². The van der Waals surface area contributed by atoms with Crippen molar-refractivity contribution in [3.63, 3.8) is 0 Å². The minimum absolute atomic E-state index is 0.325. The molecule has 0 spiro atoms. The predicted octanol–water partition coefficient (Wildman–Crippen LogP) is 4.50. The lowest BCUT2D eigenvalue weighted by atomic mass is 10.0. The smallest absolute Gasteiger partial charge is 0.422 e. The number of phenols is 1. The number of hydrogen-bond donors (Lipinski definition) is 1. The molecule has 0 aliphatic rings. The van der Waals surface area contributed by atoms with Gasteiger partial charge >= 0.3 is 6.18 Å². The summed E-state index contributed by atoms with van der Waals surface area (Å²) in [5.74, 6) is -5.09. The van der Waals surface area contributed by atoms with Crippen LogP contribution in [0.2, 0.25) is 0 Å². The molecule has 106 valence electrons. The van der Waals surface area contributed by atoms with E-state index in [-0.39, 0.29) is 5.56 Å². The first-order valence-corrected chi connectivity index (χ1v) is 5.25. The van der Waals surface area contributed by atoms with Crippen molar-refractivity contribution in [2.75, 3.05) is 0 Å². The maximum absolute atomic E-state index is 13.5. The van der Waals surface area contributed by atoms with Crippen LogP contribution in [0, 0.1) is 17.5 Å². The summed E-state index contributed by atoms with van der Waals surface area (Å²) in [5.41, 5.74) is -2.75. The maximum atomic E-state index is 13.5. The van der Waals surface area contributed by atoms with Gasteiger partial charge < -0.3 is 5.11 Å². The number of alkyl halides is 3. The fourth-order valence-electron chi connectivity index (χ4n) is 1.74. The van der Waals surface area contributed by atoms with Crippen molar-refractivity contribution < 1.29 is 31.4 Å². The highest BCUT2D eigenvalue weighted by molar-refractivity contribution is 5.65. The molecule has 2 rings (SSSR count). The Morgan fingerprint density at radius 3 is 1.80 bits per heavy atom. The Bertz CT molecular complexity index is 639. The molecule has 0 atom stereocenters. The van der Waals surface area contributed by atoms with Crippen LogP contribution in [0.4, 0.5) is 26.3 Å². The van der Waals surface area contributed by atoms with E-state index < -0.39 is 40.5 Å². The van der Waals surface area contributed by atoms with Crippen LogP contribution in [0.15, 0.2) is 30.3 Å². The first-order valence-electron chi connectivity index (χ1n) is 5.25. The van der Waals surface area contributed by atoms with Gasteiger partial charge in [-0.25, -0.2) is 13.2 Å². The van der Waals surface area contributed by atoms with Gasteiger partial charge in [0.05, 0.1) is 0 Å². The number of halogens is 6. The normalized spacial score (nSPS) is 11.7. The van der Waals surface area contributed by atoms with Gasteiger partial charge in [-0.15, -0.1) is 0 Å². The van der Waals surface area contributed by atoms with Crippen molar-refractivity contribution in [3.05, 3.63) is 53.3 Å². The standard InChI is InChI=1S/C13H6F6O/c14-9-5-7(20)1-2-8(9)6-3-10(15)12(11(16)4-6)13(17,18)19/h1-5,20H. The minimum Gasteiger partial charge on any atom is -0.508 e. The van der Waals surface area contributed by atoms with Crippen LogP contribution in [0.1, 0.15) is 5.56 Å². The third kappa shape index (κ3) is 2.56. The van der Waals surface area contributed by atoms with E-state index in [1.165, 1.54) is 0 Å². The van der Waals surface area contributed by atoms with Crippen molar-refractivity contribution in [1.29, 1.82) is 0 Å². The van der Waals surface area contributed by atoms with Gasteiger partial charge in [0.2, 0.25) is 0 Å². The average Bonchev–Trinajstić information content (AvgIpc) is 2.25. The molecule has 0 aliphatic carbocycles. The Hall–Kier alpha value is -2.18. The molecule has 2 aromatic rings. The quantitative estimate of drug-likeness (QED) is 0.767. The average molecular weight is 292 g/mol. The number of rotatable bonds is 1. The summed E-state index contributed by atoms with van der Waals surface area (Å²) in [4.78, 5) is 0. The zero-order chi connectivity index (χ0) is 15.1. The van der Waals surface area contributed by atoms with Crippen LogP contribution >= 0.6 is 0 Å². The van der Waals surface area contributed by atoms with E-state index in [4.69, 9.17) is 5.11 Å². The van der Waals surface area contributed by atoms with Crippen LogP contribution in [-0.2, 0) is 6.18 Å². The summed E-state index contributed by atoms with van der Waals surface area (Å²) >= 11 is 0. The topological polar surface area (TPSA) is 20.2 Å². The lowest BCUT2D eigenvalue weighted by Gasteiger charge is -2.11. The van der Waals surface area contributed by atoms with Crippen LogP contribution in [0.25, 0.3) is 11.1 Å². The van der Waals surface area contributed by atoms with Crippen LogP contribution < -0.4 is 0 Å². The van der Waals surface area contributed by atoms with Crippen molar-refractivity contribution >= 4 is 0 Å². The second-order valence-corrected chi connectivity index (χ2v) is 3.98. The van der Waals surface area contributed by atoms with Gasteiger partial charge in [-0.2, -0.15) is 13.2 Å². The Balaban J connectivity index is 2.61. The molecule has 0 aliphatic heterocycles. The fraction of sp³-hybridized carbons (Fsp3) is 0.0769. The van der Waals surface area contributed by atoms with Gasteiger partial charge in [-0.1, -0.05) is 0 Å². The maximum Gasteiger partial charge on any atom is 0.422 e. The van der Waals surface area contributed by atoms with Gasteiger partial charge in [0.1, 0.15) is 28.8 Å².